The van der Waals surface area contributed by atoms with Gasteiger partial charge in [0.05, 0.1) is 16.7 Å². The van der Waals surface area contributed by atoms with Gasteiger partial charge in [0, 0.05) is 60.3 Å². The van der Waals surface area contributed by atoms with Crippen LogP contribution in [0.5, 0.6) is 0 Å². The lowest BCUT2D eigenvalue weighted by Crippen LogP contribution is -2.16. The van der Waals surface area contributed by atoms with E-state index in [1.807, 2.05) is 36.4 Å². The summed E-state index contributed by atoms with van der Waals surface area (Å²) in [6, 6.07) is 51.4. The Morgan fingerprint density at radius 1 is 0.491 bits per heavy atom. The second-order valence-corrected chi connectivity index (χ2v) is 14.8. The van der Waals surface area contributed by atoms with Crippen molar-refractivity contribution in [3.05, 3.63) is 157 Å². The molecule has 2 aliphatic rings. The molecular weight excluding hydrogens is 649 g/mol. The largest absolute Gasteiger partial charge is 0.456 e. The molecule has 0 radical (unpaired) electrons. The Morgan fingerprint density at radius 2 is 1.09 bits per heavy atom. The van der Waals surface area contributed by atoms with Crippen molar-refractivity contribution in [1.29, 1.82) is 0 Å². The van der Waals surface area contributed by atoms with Crippen molar-refractivity contribution in [2.75, 3.05) is 0 Å². The van der Waals surface area contributed by atoms with Gasteiger partial charge in [-0.1, -0.05) is 129 Å². The van der Waals surface area contributed by atoms with Gasteiger partial charge >= 0.3 is 0 Å². The molecule has 12 rings (SSSR count). The van der Waals surface area contributed by atoms with Gasteiger partial charge in [-0.15, -0.1) is 0 Å². The zero-order valence-corrected chi connectivity index (χ0v) is 29.1. The normalized spacial score (nSPS) is 13.6. The van der Waals surface area contributed by atoms with E-state index in [0.29, 0.717) is 17.5 Å². The Labute approximate surface area is 304 Å². The fraction of sp³-hybridized carbons (Fsp3) is 0.0625. The molecule has 0 fully saturated rings. The van der Waals surface area contributed by atoms with Gasteiger partial charge in [0.25, 0.3) is 0 Å². The molecule has 0 atom stereocenters. The molecule has 4 heterocycles. The number of aromatic nitrogens is 4. The number of hydrogen-bond donors (Lipinski definition) is 0. The molecule has 10 aromatic rings. The molecule has 1 aliphatic heterocycles. The third-order valence-corrected chi connectivity index (χ3v) is 11.5. The van der Waals surface area contributed by atoms with Crippen LogP contribution in [0.15, 0.2) is 150 Å². The van der Waals surface area contributed by atoms with Gasteiger partial charge in [-0.05, 0) is 47.0 Å². The fourth-order valence-corrected chi connectivity index (χ4v) is 9.15. The first-order chi connectivity index (χ1) is 26.0. The molecule has 0 saturated heterocycles. The van der Waals surface area contributed by atoms with Crippen LogP contribution in [0, 0.1) is 0 Å². The van der Waals surface area contributed by atoms with Crippen LogP contribution in [0.4, 0.5) is 0 Å². The molecule has 0 saturated carbocycles. The second kappa shape index (κ2) is 10.1. The summed E-state index contributed by atoms with van der Waals surface area (Å²) < 4.78 is 9.19. The summed E-state index contributed by atoms with van der Waals surface area (Å²) in [5, 5.41) is 4.76. The lowest BCUT2D eigenvalue weighted by molar-refractivity contribution is 0.647. The molecule has 0 unspecified atom stereocenters. The van der Waals surface area contributed by atoms with E-state index in [9.17, 15) is 0 Å². The molecule has 7 aromatic carbocycles. The molecular formula is C48H30N4O. The predicted octanol–water partition coefficient (Wildman–Crippen LogP) is 12.2. The topological polar surface area (TPSA) is 56.7 Å². The smallest absolute Gasteiger partial charge is 0.164 e. The van der Waals surface area contributed by atoms with Crippen molar-refractivity contribution in [3.8, 4) is 62.1 Å². The van der Waals surface area contributed by atoms with E-state index >= 15 is 0 Å². The van der Waals surface area contributed by atoms with E-state index in [4.69, 9.17) is 19.4 Å². The van der Waals surface area contributed by atoms with Crippen molar-refractivity contribution >= 4 is 43.7 Å². The number of benzene rings is 7. The van der Waals surface area contributed by atoms with Crippen molar-refractivity contribution in [3.63, 3.8) is 0 Å². The molecule has 1 aliphatic carbocycles. The molecule has 0 amide bonds. The van der Waals surface area contributed by atoms with Gasteiger partial charge in [0.2, 0.25) is 0 Å². The fourth-order valence-electron chi connectivity index (χ4n) is 9.15. The first-order valence-corrected chi connectivity index (χ1v) is 18.1. The lowest BCUT2D eigenvalue weighted by atomic mass is 9.80. The summed E-state index contributed by atoms with van der Waals surface area (Å²) in [7, 11) is 0. The molecule has 5 heteroatoms. The minimum atomic E-state index is -0.344. The van der Waals surface area contributed by atoms with E-state index in [0.717, 1.165) is 38.9 Å². The zero-order valence-electron chi connectivity index (χ0n) is 29.1. The van der Waals surface area contributed by atoms with Gasteiger partial charge in [-0.2, -0.15) is 0 Å². The number of para-hydroxylation sites is 3. The van der Waals surface area contributed by atoms with Crippen LogP contribution in [0.2, 0.25) is 0 Å². The predicted molar refractivity (Wildman–Crippen MR) is 214 cm³/mol. The number of nitrogens with zero attached hydrogens (tertiary/aromatic N) is 4. The highest BCUT2D eigenvalue weighted by Crippen LogP contribution is 2.60. The van der Waals surface area contributed by atoms with Crippen LogP contribution < -0.4 is 0 Å². The Kier molecular flexibility index (Phi) is 5.51. The summed E-state index contributed by atoms with van der Waals surface area (Å²) in [6.07, 6.45) is 0. The van der Waals surface area contributed by atoms with Crippen LogP contribution in [0.25, 0.3) is 106 Å². The summed E-state index contributed by atoms with van der Waals surface area (Å²) in [6.45, 7) is 4.69. The van der Waals surface area contributed by atoms with Crippen molar-refractivity contribution in [2.45, 2.75) is 19.3 Å². The molecule has 5 nitrogen and oxygen atoms in total. The molecule has 0 N–H and O–H groups in total. The van der Waals surface area contributed by atoms with Gasteiger partial charge < -0.3 is 8.98 Å². The van der Waals surface area contributed by atoms with Crippen LogP contribution >= 0.6 is 0 Å². The van der Waals surface area contributed by atoms with Crippen LogP contribution in [0.3, 0.4) is 0 Å². The van der Waals surface area contributed by atoms with Crippen molar-refractivity contribution in [2.24, 2.45) is 0 Å². The lowest BCUT2D eigenvalue weighted by Gasteiger charge is -2.24. The van der Waals surface area contributed by atoms with Crippen LogP contribution in [-0.4, -0.2) is 19.5 Å². The van der Waals surface area contributed by atoms with E-state index in [-0.39, 0.29) is 5.41 Å². The standard InChI is InChI=1S/C48H30N4O/c1-48(2)34-24-29(47-50-45(27-14-5-3-6-15-27)49-46(51-47)28-16-7-4-8-17-28)25-37-42(34)43-35(48)26-39-40(32-19-10-12-23-38(32)53-39)41(43)33-21-13-20-31-30-18-9-11-22-36(30)52(37)44(31)33/h3-26H,1-2H3. The molecule has 3 aromatic heterocycles. The van der Waals surface area contributed by atoms with E-state index < -0.39 is 0 Å². The summed E-state index contributed by atoms with van der Waals surface area (Å²) >= 11 is 0. The SMILES string of the molecule is CC1(C)c2cc(-c3nc(-c4ccccc4)nc(-c4ccccc4)n3)cc3c2-c2c1cc1oc4ccccc4c1c2-c1cccc2c4ccccc4n-3c12. The third kappa shape index (κ3) is 3.78. The summed E-state index contributed by atoms with van der Waals surface area (Å²) in [4.78, 5) is 15.4. The minimum absolute atomic E-state index is 0.344. The maximum Gasteiger partial charge on any atom is 0.164 e. The zero-order chi connectivity index (χ0) is 35.0. The second-order valence-electron chi connectivity index (χ2n) is 14.8. The Morgan fingerprint density at radius 3 is 1.83 bits per heavy atom. The number of furan rings is 1. The Balaban J connectivity index is 1.26. The van der Waals surface area contributed by atoms with Gasteiger partial charge in [0.1, 0.15) is 11.2 Å². The number of hydrogen-bond acceptors (Lipinski definition) is 4. The Hall–Kier alpha value is -6.85. The quantitative estimate of drug-likeness (QED) is 0.187. The minimum Gasteiger partial charge on any atom is -0.456 e. The highest BCUT2D eigenvalue weighted by Gasteiger charge is 2.43. The number of rotatable bonds is 3. The van der Waals surface area contributed by atoms with E-state index in [2.05, 4.69) is 128 Å². The van der Waals surface area contributed by atoms with Crippen LogP contribution in [-0.2, 0) is 5.41 Å². The average Bonchev–Trinajstić information content (AvgIpc) is 3.79. The third-order valence-electron chi connectivity index (χ3n) is 11.5. The monoisotopic (exact) mass is 678 g/mol. The van der Waals surface area contributed by atoms with Crippen molar-refractivity contribution in [1.82, 2.24) is 19.5 Å². The highest BCUT2D eigenvalue weighted by atomic mass is 16.3. The first-order valence-electron chi connectivity index (χ1n) is 18.1. The van der Waals surface area contributed by atoms with E-state index in [1.54, 1.807) is 0 Å². The molecule has 0 bridgehead atoms. The van der Waals surface area contributed by atoms with Crippen molar-refractivity contribution < 1.29 is 4.42 Å². The van der Waals surface area contributed by atoms with Gasteiger partial charge in [-0.3, -0.25) is 0 Å². The summed E-state index contributed by atoms with van der Waals surface area (Å²) in [5.41, 5.74) is 15.4. The average molecular weight is 679 g/mol. The van der Waals surface area contributed by atoms with Gasteiger partial charge in [-0.25, -0.2) is 15.0 Å². The molecule has 248 valence electrons. The van der Waals surface area contributed by atoms with E-state index in [1.165, 1.54) is 60.6 Å². The maximum atomic E-state index is 6.69. The molecule has 0 spiro atoms. The first kappa shape index (κ1) is 28.8. The Bertz CT molecular complexity index is 3130. The number of fused-ring (bicyclic) bond motifs is 9. The molecule has 53 heavy (non-hydrogen) atoms. The van der Waals surface area contributed by atoms with Gasteiger partial charge in [0.15, 0.2) is 17.5 Å². The highest BCUT2D eigenvalue weighted by molar-refractivity contribution is 6.24. The van der Waals surface area contributed by atoms with Crippen LogP contribution in [0.1, 0.15) is 25.0 Å². The maximum absolute atomic E-state index is 6.69. The summed E-state index contributed by atoms with van der Waals surface area (Å²) in [5.74, 6) is 1.95.